The molecule has 1 aliphatic rings. The van der Waals surface area contributed by atoms with Gasteiger partial charge in [0.1, 0.15) is 5.56 Å². The molecule has 0 spiro atoms. The first-order chi connectivity index (χ1) is 8.16. The molecular weight excluding hydrogens is 216 g/mol. The van der Waals surface area contributed by atoms with Gasteiger partial charge < -0.3 is 10.4 Å². The van der Waals surface area contributed by atoms with E-state index < -0.39 is 5.97 Å². The van der Waals surface area contributed by atoms with Crippen molar-refractivity contribution in [2.45, 2.75) is 32.2 Å². The van der Waals surface area contributed by atoms with Crippen molar-refractivity contribution in [1.82, 2.24) is 4.98 Å². The van der Waals surface area contributed by atoms with Crippen molar-refractivity contribution in [1.29, 1.82) is 0 Å². The fourth-order valence-electron chi connectivity index (χ4n) is 1.99. The van der Waals surface area contributed by atoms with E-state index in [1.807, 2.05) is 6.92 Å². The lowest BCUT2D eigenvalue weighted by Crippen LogP contribution is -2.22. The summed E-state index contributed by atoms with van der Waals surface area (Å²) < 4.78 is 0. The molecule has 1 aliphatic carbocycles. The molecule has 0 radical (unpaired) electrons. The minimum absolute atomic E-state index is 0.241. The third-order valence-corrected chi connectivity index (χ3v) is 2.90. The Hall–Kier alpha value is -1.84. The maximum atomic E-state index is 11.1. The number of carbonyl (C=O) groups is 1. The van der Waals surface area contributed by atoms with Crippen LogP contribution in [0.2, 0.25) is 0 Å². The lowest BCUT2D eigenvalue weighted by Gasteiger charge is -2.21. The summed E-state index contributed by atoms with van der Waals surface area (Å²) in [5, 5.41) is 12.4. The van der Waals surface area contributed by atoms with E-state index >= 15 is 0 Å². The van der Waals surface area contributed by atoms with Gasteiger partial charge in [-0.3, -0.25) is 4.98 Å². The maximum Gasteiger partial charge on any atom is 0.339 e. The summed E-state index contributed by atoms with van der Waals surface area (Å²) in [5.41, 5.74) is 1.74. The Kier molecular flexibility index (Phi) is 3.42. The van der Waals surface area contributed by atoms with E-state index in [1.54, 1.807) is 6.07 Å². The molecular formula is C13H16N2O2. The van der Waals surface area contributed by atoms with Gasteiger partial charge in [0.25, 0.3) is 0 Å². The molecule has 4 nitrogen and oxygen atoms in total. The molecule has 0 fully saturated rings. The number of carboxylic acid groups (broad SMARTS) is 1. The van der Waals surface area contributed by atoms with Gasteiger partial charge >= 0.3 is 5.97 Å². The Bertz CT molecular complexity index is 455. The monoisotopic (exact) mass is 232 g/mol. The highest BCUT2D eigenvalue weighted by molar-refractivity contribution is 5.93. The third-order valence-electron chi connectivity index (χ3n) is 2.90. The van der Waals surface area contributed by atoms with E-state index in [4.69, 9.17) is 5.11 Å². The average Bonchev–Trinajstić information content (AvgIpc) is 2.30. The van der Waals surface area contributed by atoms with Crippen molar-refractivity contribution in [3.63, 3.8) is 0 Å². The number of nitrogens with zero attached hydrogens (tertiary/aromatic N) is 1. The first-order valence-corrected chi connectivity index (χ1v) is 5.78. The Labute approximate surface area is 100 Å². The molecule has 1 heterocycles. The molecule has 4 heteroatoms. The van der Waals surface area contributed by atoms with Crippen LogP contribution in [0.15, 0.2) is 24.4 Å². The zero-order valence-electron chi connectivity index (χ0n) is 9.81. The van der Waals surface area contributed by atoms with Crippen molar-refractivity contribution >= 4 is 11.7 Å². The molecule has 1 atom stereocenters. The lowest BCUT2D eigenvalue weighted by atomic mass is 10.0. The van der Waals surface area contributed by atoms with Gasteiger partial charge in [0.2, 0.25) is 0 Å². The van der Waals surface area contributed by atoms with Crippen LogP contribution in [0.1, 0.15) is 35.3 Å². The van der Waals surface area contributed by atoms with Gasteiger partial charge in [-0.1, -0.05) is 12.2 Å². The molecule has 0 aromatic carbocycles. The minimum Gasteiger partial charge on any atom is -0.478 e. The summed E-state index contributed by atoms with van der Waals surface area (Å²) in [7, 11) is 0. The number of allylic oxidation sites excluding steroid dienone is 1. The molecule has 2 rings (SSSR count). The molecule has 0 bridgehead atoms. The van der Waals surface area contributed by atoms with E-state index in [9.17, 15) is 4.79 Å². The quantitative estimate of drug-likeness (QED) is 0.786. The molecule has 0 aliphatic heterocycles. The Morgan fingerprint density at radius 3 is 3.00 bits per heavy atom. The highest BCUT2D eigenvalue weighted by Gasteiger charge is 2.15. The van der Waals surface area contributed by atoms with E-state index in [0.29, 0.717) is 11.7 Å². The highest BCUT2D eigenvalue weighted by Crippen LogP contribution is 2.21. The fourth-order valence-corrected chi connectivity index (χ4v) is 1.99. The van der Waals surface area contributed by atoms with E-state index in [1.165, 1.54) is 6.20 Å². The molecule has 1 aromatic heterocycles. The predicted octanol–water partition coefficient (Wildman–Crippen LogP) is 2.61. The number of aromatic nitrogens is 1. The number of pyridine rings is 1. The van der Waals surface area contributed by atoms with Crippen molar-refractivity contribution in [3.8, 4) is 0 Å². The van der Waals surface area contributed by atoms with Crippen LogP contribution in [-0.4, -0.2) is 22.1 Å². The summed E-state index contributed by atoms with van der Waals surface area (Å²) in [6.45, 7) is 1.86. The van der Waals surface area contributed by atoms with Crippen molar-refractivity contribution in [3.05, 3.63) is 35.7 Å². The molecule has 2 N–H and O–H groups in total. The SMILES string of the molecule is Cc1cc(NC2CC=CCC2)c(C(=O)O)cn1. The molecule has 0 saturated heterocycles. The molecule has 0 saturated carbocycles. The number of hydrogen-bond donors (Lipinski definition) is 2. The van der Waals surface area contributed by atoms with Crippen LogP contribution in [0.3, 0.4) is 0 Å². The number of rotatable bonds is 3. The van der Waals surface area contributed by atoms with Crippen molar-refractivity contribution in [2.75, 3.05) is 5.32 Å². The average molecular weight is 232 g/mol. The Morgan fingerprint density at radius 2 is 2.35 bits per heavy atom. The van der Waals surface area contributed by atoms with E-state index in [-0.39, 0.29) is 5.56 Å². The van der Waals surface area contributed by atoms with Crippen LogP contribution in [-0.2, 0) is 0 Å². The standard InChI is InChI=1S/C13H16N2O2/c1-9-7-12(11(8-14-9)13(16)17)15-10-5-3-2-4-6-10/h2-3,7-8,10H,4-6H2,1H3,(H,14,15)(H,16,17). The van der Waals surface area contributed by atoms with Gasteiger partial charge in [-0.05, 0) is 32.3 Å². The molecule has 17 heavy (non-hydrogen) atoms. The smallest absolute Gasteiger partial charge is 0.339 e. The first-order valence-electron chi connectivity index (χ1n) is 5.78. The maximum absolute atomic E-state index is 11.1. The number of nitrogens with one attached hydrogen (secondary N) is 1. The highest BCUT2D eigenvalue weighted by atomic mass is 16.4. The second-order valence-electron chi connectivity index (χ2n) is 4.30. The first kappa shape index (κ1) is 11.6. The van der Waals surface area contributed by atoms with Gasteiger partial charge in [0, 0.05) is 17.9 Å². The number of anilines is 1. The fraction of sp³-hybridized carbons (Fsp3) is 0.385. The van der Waals surface area contributed by atoms with Crippen molar-refractivity contribution < 1.29 is 9.90 Å². The summed E-state index contributed by atoms with van der Waals surface area (Å²) in [4.78, 5) is 15.1. The summed E-state index contributed by atoms with van der Waals surface area (Å²) in [6.07, 6.45) is 8.74. The summed E-state index contributed by atoms with van der Waals surface area (Å²) in [6, 6.07) is 2.11. The van der Waals surface area contributed by atoms with Gasteiger partial charge in [-0.15, -0.1) is 0 Å². The number of carboxylic acids is 1. The van der Waals surface area contributed by atoms with Gasteiger partial charge in [0.05, 0.1) is 5.69 Å². The van der Waals surface area contributed by atoms with Gasteiger partial charge in [-0.25, -0.2) is 4.79 Å². The topological polar surface area (TPSA) is 62.2 Å². The van der Waals surface area contributed by atoms with Crippen LogP contribution in [0.5, 0.6) is 0 Å². The molecule has 0 amide bonds. The van der Waals surface area contributed by atoms with E-state index in [0.717, 1.165) is 25.0 Å². The summed E-state index contributed by atoms with van der Waals surface area (Å²) >= 11 is 0. The normalized spacial score (nSPS) is 19.0. The number of aryl methyl sites for hydroxylation is 1. The summed E-state index contributed by atoms with van der Waals surface area (Å²) in [5.74, 6) is -0.939. The zero-order valence-corrected chi connectivity index (χ0v) is 9.81. The molecule has 90 valence electrons. The second-order valence-corrected chi connectivity index (χ2v) is 4.30. The third kappa shape index (κ3) is 2.84. The Balaban J connectivity index is 2.21. The lowest BCUT2D eigenvalue weighted by molar-refractivity contribution is 0.0697. The van der Waals surface area contributed by atoms with Crippen LogP contribution >= 0.6 is 0 Å². The largest absolute Gasteiger partial charge is 0.478 e. The Morgan fingerprint density at radius 1 is 1.53 bits per heavy atom. The van der Waals surface area contributed by atoms with Crippen molar-refractivity contribution in [2.24, 2.45) is 0 Å². The minimum atomic E-state index is -0.939. The predicted molar refractivity (Wildman–Crippen MR) is 66.3 cm³/mol. The zero-order chi connectivity index (χ0) is 12.3. The van der Waals surface area contributed by atoms with Crippen LogP contribution in [0.25, 0.3) is 0 Å². The van der Waals surface area contributed by atoms with Gasteiger partial charge in [-0.2, -0.15) is 0 Å². The molecule has 1 aromatic rings. The van der Waals surface area contributed by atoms with Gasteiger partial charge in [0.15, 0.2) is 0 Å². The second kappa shape index (κ2) is 4.99. The molecule has 1 unspecified atom stereocenters. The van der Waals surface area contributed by atoms with E-state index in [2.05, 4.69) is 22.5 Å². The van der Waals surface area contributed by atoms with Crippen LogP contribution < -0.4 is 5.32 Å². The number of aromatic carboxylic acids is 1. The number of hydrogen-bond acceptors (Lipinski definition) is 3. The van der Waals surface area contributed by atoms with Crippen LogP contribution in [0.4, 0.5) is 5.69 Å². The van der Waals surface area contributed by atoms with Crippen LogP contribution in [0, 0.1) is 6.92 Å².